The number of hydrogen-bond acceptors (Lipinski definition) is 6. The average Bonchev–Trinajstić information content (AvgIpc) is 3.76. The van der Waals surface area contributed by atoms with Crippen molar-refractivity contribution < 1.29 is 22.8 Å². The first-order chi connectivity index (χ1) is 20.5. The Morgan fingerprint density at radius 3 is 2.37 bits per heavy atom. The molecule has 0 saturated heterocycles. The van der Waals surface area contributed by atoms with Gasteiger partial charge in [0.05, 0.1) is 10.1 Å². The molecule has 0 spiro atoms. The molecule has 3 amide bonds. The lowest BCUT2D eigenvalue weighted by Crippen LogP contribution is -2.35. The van der Waals surface area contributed by atoms with Crippen molar-refractivity contribution in [1.29, 1.82) is 0 Å². The quantitative estimate of drug-likeness (QED) is 0.403. The molecular formula is C33H36N4O5S. The first kappa shape index (κ1) is 28.9. The number of sulfone groups is 1. The number of nitrogens with zero attached hydrogens (tertiary/aromatic N) is 1. The summed E-state index contributed by atoms with van der Waals surface area (Å²) in [6.07, 6.45) is 2.92. The Labute approximate surface area is 252 Å². The van der Waals surface area contributed by atoms with Crippen LogP contribution >= 0.6 is 0 Å². The molecule has 7 rings (SSSR count). The lowest BCUT2D eigenvalue weighted by atomic mass is 9.92. The van der Waals surface area contributed by atoms with E-state index in [4.69, 9.17) is 0 Å². The van der Waals surface area contributed by atoms with Crippen molar-refractivity contribution in [3.8, 4) is 0 Å². The van der Waals surface area contributed by atoms with Gasteiger partial charge in [-0.05, 0) is 103 Å². The minimum atomic E-state index is -3.56. The maximum Gasteiger partial charge on any atom is 0.251 e. The molecule has 224 valence electrons. The van der Waals surface area contributed by atoms with Gasteiger partial charge < -0.3 is 20.9 Å². The monoisotopic (exact) mass is 600 g/mol. The highest BCUT2D eigenvalue weighted by Gasteiger charge is 2.38. The van der Waals surface area contributed by atoms with Crippen molar-refractivity contribution in [1.82, 2.24) is 10.2 Å². The van der Waals surface area contributed by atoms with Crippen LogP contribution in [0.25, 0.3) is 0 Å². The molecule has 3 aliphatic heterocycles. The van der Waals surface area contributed by atoms with Crippen LogP contribution in [0.1, 0.15) is 75.5 Å². The molecule has 1 fully saturated rings. The molecule has 3 aromatic carbocycles. The highest BCUT2D eigenvalue weighted by molar-refractivity contribution is 7.92. The Morgan fingerprint density at radius 2 is 1.65 bits per heavy atom. The SMILES string of the molecule is Cc1cc2cc(C)c1CCCC(=O)Nc1ccc(S(=O)(=O)C3CC3)c(c1)CN(C)C(=O)[C@@H]2Nc1ccc2c(c1)C(=O)NC2. The summed E-state index contributed by atoms with van der Waals surface area (Å²) in [6.45, 7) is 4.54. The molecule has 0 unspecified atom stereocenters. The second-order valence-corrected chi connectivity index (χ2v) is 14.1. The van der Waals surface area contributed by atoms with Gasteiger partial charge in [-0.15, -0.1) is 0 Å². The molecule has 9 nitrogen and oxygen atoms in total. The van der Waals surface area contributed by atoms with Crippen molar-refractivity contribution in [3.05, 3.63) is 87.5 Å². The number of likely N-dealkylation sites (N-methyl/N-ethyl adjacent to an activating group) is 1. The predicted octanol–water partition coefficient (Wildman–Crippen LogP) is 4.57. The van der Waals surface area contributed by atoms with Crippen LogP contribution < -0.4 is 16.0 Å². The zero-order valence-corrected chi connectivity index (χ0v) is 25.4. The van der Waals surface area contributed by atoms with Crippen molar-refractivity contribution in [3.63, 3.8) is 0 Å². The van der Waals surface area contributed by atoms with Gasteiger partial charge in [-0.1, -0.05) is 18.2 Å². The third-order valence-corrected chi connectivity index (χ3v) is 11.0. The molecule has 3 heterocycles. The van der Waals surface area contributed by atoms with E-state index in [-0.39, 0.29) is 29.2 Å². The van der Waals surface area contributed by atoms with Gasteiger partial charge in [0.15, 0.2) is 9.84 Å². The fourth-order valence-corrected chi connectivity index (χ4v) is 8.03. The number of anilines is 2. The van der Waals surface area contributed by atoms with E-state index in [9.17, 15) is 22.8 Å². The molecule has 3 N–H and O–H groups in total. The molecule has 0 aromatic heterocycles. The van der Waals surface area contributed by atoms with E-state index in [1.54, 1.807) is 31.3 Å². The number of hydrogen-bond donors (Lipinski definition) is 3. The predicted molar refractivity (Wildman–Crippen MR) is 165 cm³/mol. The van der Waals surface area contributed by atoms with Gasteiger partial charge in [0.25, 0.3) is 5.91 Å². The van der Waals surface area contributed by atoms with Gasteiger partial charge in [0.1, 0.15) is 6.04 Å². The molecular weight excluding hydrogens is 564 g/mol. The fraction of sp³-hybridized carbons (Fsp3) is 0.364. The van der Waals surface area contributed by atoms with Crippen molar-refractivity contribution in [2.45, 2.75) is 75.2 Å². The third-order valence-electron chi connectivity index (χ3n) is 8.63. The Kier molecular flexibility index (Phi) is 7.50. The van der Waals surface area contributed by atoms with E-state index >= 15 is 0 Å². The molecule has 4 aliphatic rings. The number of fused-ring (bicyclic) bond motifs is 10. The fourth-order valence-electron chi connectivity index (χ4n) is 6.16. The number of aryl methyl sites for hydroxylation is 2. The topological polar surface area (TPSA) is 125 Å². The first-order valence-electron chi connectivity index (χ1n) is 14.7. The largest absolute Gasteiger partial charge is 0.370 e. The van der Waals surface area contributed by atoms with Gasteiger partial charge in [-0.3, -0.25) is 14.4 Å². The van der Waals surface area contributed by atoms with E-state index in [0.29, 0.717) is 61.2 Å². The van der Waals surface area contributed by atoms with Crippen molar-refractivity contribution in [2.75, 3.05) is 17.7 Å². The van der Waals surface area contributed by atoms with Gasteiger partial charge in [-0.2, -0.15) is 0 Å². The number of benzene rings is 3. The highest BCUT2D eigenvalue weighted by atomic mass is 32.2. The summed E-state index contributed by atoms with van der Waals surface area (Å²) in [5.74, 6) is -0.542. The molecule has 1 aliphatic carbocycles. The Balaban J connectivity index is 1.42. The first-order valence-corrected chi connectivity index (χ1v) is 16.2. The van der Waals surface area contributed by atoms with E-state index in [1.165, 1.54) is 4.90 Å². The number of nitrogens with one attached hydrogen (secondary N) is 3. The van der Waals surface area contributed by atoms with E-state index < -0.39 is 21.1 Å². The smallest absolute Gasteiger partial charge is 0.251 e. The normalized spacial score (nSPS) is 19.2. The van der Waals surface area contributed by atoms with Gasteiger partial charge in [0, 0.05) is 43.5 Å². The van der Waals surface area contributed by atoms with Gasteiger partial charge in [-0.25, -0.2) is 8.42 Å². The zero-order chi connectivity index (χ0) is 30.5. The number of carbonyl (C=O) groups is 3. The summed E-state index contributed by atoms with van der Waals surface area (Å²) in [5.41, 5.74) is 7.06. The van der Waals surface area contributed by atoms with Crippen molar-refractivity contribution >= 4 is 38.9 Å². The summed E-state index contributed by atoms with van der Waals surface area (Å²) >= 11 is 0. The minimum absolute atomic E-state index is 0.0324. The molecule has 4 bridgehead atoms. The van der Waals surface area contributed by atoms with Gasteiger partial charge >= 0.3 is 0 Å². The molecule has 1 saturated carbocycles. The number of amides is 3. The van der Waals surface area contributed by atoms with Crippen LogP contribution in [0.3, 0.4) is 0 Å². The van der Waals surface area contributed by atoms with Crippen LogP contribution in [0.4, 0.5) is 11.4 Å². The lowest BCUT2D eigenvalue weighted by Gasteiger charge is -2.28. The summed E-state index contributed by atoms with van der Waals surface area (Å²) in [7, 11) is -1.91. The number of carbonyl (C=O) groups excluding carboxylic acids is 3. The van der Waals surface area contributed by atoms with E-state index in [1.807, 2.05) is 38.1 Å². The Bertz CT molecular complexity index is 1740. The maximum atomic E-state index is 14.3. The summed E-state index contributed by atoms with van der Waals surface area (Å²) in [4.78, 5) is 41.2. The van der Waals surface area contributed by atoms with E-state index in [0.717, 1.165) is 27.8 Å². The molecule has 0 radical (unpaired) electrons. The Morgan fingerprint density at radius 1 is 0.907 bits per heavy atom. The Hall–Kier alpha value is -4.18. The van der Waals surface area contributed by atoms with E-state index in [2.05, 4.69) is 16.0 Å². The highest BCUT2D eigenvalue weighted by Crippen LogP contribution is 2.37. The van der Waals surface area contributed by atoms with Crippen LogP contribution in [0.5, 0.6) is 0 Å². The van der Waals surface area contributed by atoms with Crippen LogP contribution in [-0.4, -0.2) is 43.3 Å². The molecule has 1 atom stereocenters. The second-order valence-electron chi connectivity index (χ2n) is 11.9. The molecule has 3 aromatic rings. The standard InChI is InChI=1S/C33H36N4O5S/c1-19-13-22-14-20(2)27(19)5-4-6-30(38)35-24-9-12-29(43(41,42)26-10-11-26)23(15-24)18-37(3)33(40)31(22)36-25-8-7-21-17-34-32(39)28(21)16-25/h7-9,12-16,26,31,36H,4-6,10-11,17-18H2,1-3H3,(H,34,39)(H,35,38)/t31-/m1/s1. The van der Waals surface area contributed by atoms with Crippen LogP contribution in [0, 0.1) is 13.8 Å². The minimum Gasteiger partial charge on any atom is -0.370 e. The van der Waals surface area contributed by atoms with Crippen LogP contribution in [0.15, 0.2) is 53.4 Å². The van der Waals surface area contributed by atoms with Crippen molar-refractivity contribution in [2.24, 2.45) is 0 Å². The average molecular weight is 601 g/mol. The summed E-state index contributed by atoms with van der Waals surface area (Å²) < 4.78 is 26.7. The van der Waals surface area contributed by atoms with Crippen LogP contribution in [-0.2, 0) is 38.9 Å². The molecule has 10 heteroatoms. The zero-order valence-electron chi connectivity index (χ0n) is 24.6. The third kappa shape index (κ3) is 5.76. The number of rotatable bonds is 4. The summed E-state index contributed by atoms with van der Waals surface area (Å²) in [5, 5.41) is 8.72. The maximum absolute atomic E-state index is 14.3. The summed E-state index contributed by atoms with van der Waals surface area (Å²) in [6, 6.07) is 13.6. The molecule has 43 heavy (non-hydrogen) atoms. The van der Waals surface area contributed by atoms with Gasteiger partial charge in [0.2, 0.25) is 11.8 Å². The van der Waals surface area contributed by atoms with Crippen LogP contribution in [0.2, 0.25) is 0 Å². The second kappa shape index (κ2) is 11.1. The lowest BCUT2D eigenvalue weighted by molar-refractivity contribution is -0.131.